The molecule has 1 N–H and O–H groups in total. The molecule has 2 aromatic heterocycles. The van der Waals surface area contributed by atoms with Crippen molar-refractivity contribution >= 4 is 27.0 Å². The van der Waals surface area contributed by atoms with Gasteiger partial charge in [0.15, 0.2) is 5.65 Å². The molecule has 0 aliphatic carbocycles. The summed E-state index contributed by atoms with van der Waals surface area (Å²) in [5, 5.41) is 9.51. The standard InChI is InChI=1S/C15H12N2O4S/c18-15(19)13-9-17(14-12(13)7-4-8-16-14)22(20,21)10-11-5-2-1-3-6-11/h1-9H,10H2,(H,18,19). The van der Waals surface area contributed by atoms with Crippen molar-refractivity contribution in [3.8, 4) is 0 Å². The molecule has 0 bridgehead atoms. The predicted octanol–water partition coefficient (Wildman–Crippen LogP) is 2.11. The van der Waals surface area contributed by atoms with Crippen LogP contribution in [0.1, 0.15) is 15.9 Å². The number of carboxylic acids is 1. The molecule has 0 saturated heterocycles. The van der Waals surface area contributed by atoms with E-state index in [1.54, 1.807) is 42.5 Å². The maximum Gasteiger partial charge on any atom is 0.337 e. The lowest BCUT2D eigenvalue weighted by molar-refractivity contribution is 0.0699. The number of carbonyl (C=O) groups is 1. The molecular formula is C15H12N2O4S. The van der Waals surface area contributed by atoms with E-state index in [0.717, 1.165) is 10.2 Å². The van der Waals surface area contributed by atoms with Gasteiger partial charge < -0.3 is 5.11 Å². The summed E-state index contributed by atoms with van der Waals surface area (Å²) in [6.07, 6.45) is 2.54. The van der Waals surface area contributed by atoms with E-state index in [9.17, 15) is 18.3 Å². The van der Waals surface area contributed by atoms with Gasteiger partial charge in [-0.3, -0.25) is 0 Å². The van der Waals surface area contributed by atoms with Crippen molar-refractivity contribution in [1.29, 1.82) is 0 Å². The Bertz CT molecular complexity index is 946. The quantitative estimate of drug-likeness (QED) is 0.796. The molecule has 3 rings (SSSR count). The Hall–Kier alpha value is -2.67. The molecule has 3 aromatic rings. The highest BCUT2D eigenvalue weighted by Gasteiger charge is 2.22. The third kappa shape index (κ3) is 2.46. The minimum absolute atomic E-state index is 0.0836. The fourth-order valence-corrected chi connectivity index (χ4v) is 3.70. The lowest BCUT2D eigenvalue weighted by atomic mass is 10.2. The number of aromatic nitrogens is 2. The van der Waals surface area contributed by atoms with Gasteiger partial charge in [-0.1, -0.05) is 30.3 Å². The second kappa shape index (κ2) is 5.27. The van der Waals surface area contributed by atoms with Crippen LogP contribution < -0.4 is 0 Å². The number of hydrogen-bond donors (Lipinski definition) is 1. The molecule has 0 spiro atoms. The Morgan fingerprint density at radius 3 is 2.55 bits per heavy atom. The van der Waals surface area contributed by atoms with E-state index in [-0.39, 0.29) is 17.0 Å². The number of nitrogens with zero attached hydrogens (tertiary/aromatic N) is 2. The van der Waals surface area contributed by atoms with Crippen LogP contribution in [0.4, 0.5) is 0 Å². The highest BCUT2D eigenvalue weighted by molar-refractivity contribution is 7.89. The number of aromatic carboxylic acids is 1. The molecule has 0 unspecified atom stereocenters. The van der Waals surface area contributed by atoms with Gasteiger partial charge in [0.2, 0.25) is 10.0 Å². The minimum Gasteiger partial charge on any atom is -0.478 e. The van der Waals surface area contributed by atoms with Gasteiger partial charge in [-0.2, -0.15) is 0 Å². The normalized spacial score (nSPS) is 11.6. The van der Waals surface area contributed by atoms with Crippen LogP contribution in [0.2, 0.25) is 0 Å². The van der Waals surface area contributed by atoms with Crippen molar-refractivity contribution < 1.29 is 18.3 Å². The van der Waals surface area contributed by atoms with Gasteiger partial charge in [-0.25, -0.2) is 22.2 Å². The van der Waals surface area contributed by atoms with Crippen LogP contribution in [0.15, 0.2) is 54.9 Å². The van der Waals surface area contributed by atoms with Gasteiger partial charge in [0, 0.05) is 17.8 Å². The first-order chi connectivity index (χ1) is 10.5. The van der Waals surface area contributed by atoms with Crippen LogP contribution in [-0.4, -0.2) is 28.5 Å². The molecule has 0 atom stereocenters. The van der Waals surface area contributed by atoms with E-state index in [4.69, 9.17) is 0 Å². The average molecular weight is 316 g/mol. The van der Waals surface area contributed by atoms with Gasteiger partial charge in [0.05, 0.1) is 11.3 Å². The fourth-order valence-electron chi connectivity index (χ4n) is 2.27. The number of hydrogen-bond acceptors (Lipinski definition) is 4. The first-order valence-corrected chi connectivity index (χ1v) is 8.06. The van der Waals surface area contributed by atoms with E-state index < -0.39 is 16.0 Å². The number of fused-ring (bicyclic) bond motifs is 1. The van der Waals surface area contributed by atoms with Crippen LogP contribution >= 0.6 is 0 Å². The molecule has 0 amide bonds. The van der Waals surface area contributed by atoms with E-state index in [1.807, 2.05) is 0 Å². The summed E-state index contributed by atoms with van der Waals surface area (Å²) in [5.74, 6) is -1.42. The van der Waals surface area contributed by atoms with Gasteiger partial charge in [0.1, 0.15) is 0 Å². The maximum absolute atomic E-state index is 12.6. The third-order valence-electron chi connectivity index (χ3n) is 3.25. The minimum atomic E-state index is -3.76. The second-order valence-electron chi connectivity index (χ2n) is 4.76. The van der Waals surface area contributed by atoms with Crippen molar-refractivity contribution in [2.75, 3.05) is 0 Å². The number of pyridine rings is 1. The Morgan fingerprint density at radius 1 is 1.14 bits per heavy atom. The number of rotatable bonds is 4. The molecule has 112 valence electrons. The molecule has 0 fully saturated rings. The smallest absolute Gasteiger partial charge is 0.337 e. The molecule has 1 aromatic carbocycles. The van der Waals surface area contributed by atoms with Crippen LogP contribution in [0.5, 0.6) is 0 Å². The maximum atomic E-state index is 12.6. The molecule has 2 heterocycles. The summed E-state index contributed by atoms with van der Waals surface area (Å²) < 4.78 is 26.1. The van der Waals surface area contributed by atoms with Crippen LogP contribution in [-0.2, 0) is 15.8 Å². The van der Waals surface area contributed by atoms with Gasteiger partial charge in [0.25, 0.3) is 0 Å². The monoisotopic (exact) mass is 316 g/mol. The summed E-state index contributed by atoms with van der Waals surface area (Å²) >= 11 is 0. The molecule has 6 nitrogen and oxygen atoms in total. The Kier molecular flexibility index (Phi) is 3.42. The van der Waals surface area contributed by atoms with Crippen LogP contribution in [0, 0.1) is 0 Å². The Balaban J connectivity index is 2.15. The van der Waals surface area contributed by atoms with Gasteiger partial charge in [-0.05, 0) is 17.7 Å². The lowest BCUT2D eigenvalue weighted by Gasteiger charge is -2.06. The molecule has 0 aliphatic heterocycles. The van der Waals surface area contributed by atoms with E-state index >= 15 is 0 Å². The summed E-state index contributed by atoms with van der Waals surface area (Å²) in [4.78, 5) is 15.3. The van der Waals surface area contributed by atoms with Gasteiger partial charge in [-0.15, -0.1) is 0 Å². The highest BCUT2D eigenvalue weighted by atomic mass is 32.2. The van der Waals surface area contributed by atoms with Crippen LogP contribution in [0.3, 0.4) is 0 Å². The zero-order valence-corrected chi connectivity index (χ0v) is 12.2. The molecule has 7 heteroatoms. The summed E-state index contributed by atoms with van der Waals surface area (Å²) in [7, 11) is -3.76. The van der Waals surface area contributed by atoms with Crippen molar-refractivity contribution in [3.63, 3.8) is 0 Å². The number of carboxylic acid groups (broad SMARTS) is 1. The zero-order chi connectivity index (χ0) is 15.7. The van der Waals surface area contributed by atoms with Crippen LogP contribution in [0.25, 0.3) is 11.0 Å². The fraction of sp³-hybridized carbons (Fsp3) is 0.0667. The first kappa shape index (κ1) is 14.3. The second-order valence-corrected chi connectivity index (χ2v) is 6.61. The largest absolute Gasteiger partial charge is 0.478 e. The summed E-state index contributed by atoms with van der Waals surface area (Å²) in [6, 6.07) is 11.8. The third-order valence-corrected chi connectivity index (χ3v) is 4.83. The lowest BCUT2D eigenvalue weighted by Crippen LogP contribution is -2.14. The van der Waals surface area contributed by atoms with Crippen molar-refractivity contribution in [2.24, 2.45) is 0 Å². The molecule has 0 radical (unpaired) electrons. The van der Waals surface area contributed by atoms with E-state index in [0.29, 0.717) is 10.9 Å². The molecular weight excluding hydrogens is 304 g/mol. The molecule has 0 aliphatic rings. The Labute approximate surface area is 126 Å². The summed E-state index contributed by atoms with van der Waals surface area (Å²) in [5.41, 5.74) is 0.660. The molecule has 0 saturated carbocycles. The molecule has 22 heavy (non-hydrogen) atoms. The SMILES string of the molecule is O=C(O)c1cn(S(=O)(=O)Cc2ccccc2)c2ncccc12. The Morgan fingerprint density at radius 2 is 1.86 bits per heavy atom. The van der Waals surface area contributed by atoms with E-state index in [2.05, 4.69) is 4.98 Å². The van der Waals surface area contributed by atoms with Crippen molar-refractivity contribution in [2.45, 2.75) is 5.75 Å². The van der Waals surface area contributed by atoms with Crippen molar-refractivity contribution in [3.05, 3.63) is 66.0 Å². The zero-order valence-electron chi connectivity index (χ0n) is 11.4. The average Bonchev–Trinajstić information content (AvgIpc) is 2.88. The predicted molar refractivity (Wildman–Crippen MR) is 81.2 cm³/mol. The van der Waals surface area contributed by atoms with E-state index in [1.165, 1.54) is 6.20 Å². The summed E-state index contributed by atoms with van der Waals surface area (Å²) in [6.45, 7) is 0. The first-order valence-electron chi connectivity index (χ1n) is 6.45. The topological polar surface area (TPSA) is 89.3 Å². The number of benzene rings is 1. The van der Waals surface area contributed by atoms with Gasteiger partial charge >= 0.3 is 5.97 Å². The van der Waals surface area contributed by atoms with Crippen molar-refractivity contribution in [1.82, 2.24) is 8.96 Å². The highest BCUT2D eigenvalue weighted by Crippen LogP contribution is 2.22.